The molecule has 0 spiro atoms. The molecule has 2 heteroatoms. The van der Waals surface area contributed by atoms with E-state index in [0.717, 1.165) is 12.8 Å². The van der Waals surface area contributed by atoms with E-state index < -0.39 is 0 Å². The van der Waals surface area contributed by atoms with Crippen molar-refractivity contribution in [2.75, 3.05) is 0 Å². The molecule has 0 saturated carbocycles. The average Bonchev–Trinajstić information content (AvgIpc) is 1.69. The number of Topliss-reactive ketones (excluding diaryl/α,β-unsaturated/α-hetero) is 1. The van der Waals surface area contributed by atoms with Crippen LogP contribution in [0.4, 0.5) is 0 Å². The molecule has 0 aromatic heterocycles. The fourth-order valence-corrected chi connectivity index (χ4v) is 3.14. The van der Waals surface area contributed by atoms with Crippen LogP contribution in [-0.4, -0.2) is 21.2 Å². The molecule has 1 rings (SSSR count). The fraction of sp³-hybridized carbons (Fsp3) is 0.800. The van der Waals surface area contributed by atoms with E-state index in [4.69, 9.17) is 0 Å². The van der Waals surface area contributed by atoms with Gasteiger partial charge in [-0.25, -0.2) is 0 Å². The monoisotopic (exact) mass is 158 g/mol. The predicted octanol–water partition coefficient (Wildman–Crippen LogP) is 0.890. The van der Waals surface area contributed by atoms with Gasteiger partial charge in [0.15, 0.2) is 0 Å². The van der Waals surface area contributed by atoms with Gasteiger partial charge in [-0.2, -0.15) is 0 Å². The average molecular weight is 157 g/mol. The molecule has 1 heterocycles. The first kappa shape index (κ1) is 5.35. The van der Waals surface area contributed by atoms with Crippen molar-refractivity contribution in [1.82, 2.24) is 0 Å². The van der Waals surface area contributed by atoms with Crippen molar-refractivity contribution in [2.24, 2.45) is 0 Å². The zero-order valence-corrected chi connectivity index (χ0v) is 6.33. The second kappa shape index (κ2) is 2.50. The number of ketones is 1. The normalized spacial score (nSPS) is 22.6. The summed E-state index contributed by atoms with van der Waals surface area (Å²) in [5.41, 5.74) is 0. The third-order valence-corrected chi connectivity index (χ3v) is 3.69. The molecular formula is C5H8GeO. The molecule has 1 fully saturated rings. The van der Waals surface area contributed by atoms with Gasteiger partial charge in [-0.3, -0.25) is 0 Å². The maximum absolute atomic E-state index is 10.5. The Morgan fingerprint density at radius 2 is 1.86 bits per heavy atom. The number of hydrogen-bond acceptors (Lipinski definition) is 1. The molecular weight excluding hydrogens is 149 g/mol. The maximum atomic E-state index is 10.5. The molecule has 1 aliphatic heterocycles. The van der Waals surface area contributed by atoms with Crippen LogP contribution in [0.25, 0.3) is 0 Å². The van der Waals surface area contributed by atoms with Crippen LogP contribution in [0.2, 0.25) is 10.5 Å². The summed E-state index contributed by atoms with van der Waals surface area (Å²) in [6, 6.07) is 0. The molecule has 7 heavy (non-hydrogen) atoms. The van der Waals surface area contributed by atoms with Crippen LogP contribution >= 0.6 is 0 Å². The molecule has 1 aliphatic rings. The van der Waals surface area contributed by atoms with Gasteiger partial charge in [-0.05, 0) is 0 Å². The van der Waals surface area contributed by atoms with E-state index in [1.54, 1.807) is 0 Å². The summed E-state index contributed by atoms with van der Waals surface area (Å²) in [5.74, 6) is 0.495. The Bertz CT molecular complexity index is 72.1. The number of carbonyl (C=O) groups is 1. The first-order valence-electron chi connectivity index (χ1n) is 2.62. The molecule has 0 amide bonds. The minimum atomic E-state index is 0.357. The van der Waals surface area contributed by atoms with Crippen molar-refractivity contribution >= 4 is 21.2 Å². The standard InChI is InChI=1S/C5H8GeO/c7-5-1-3-6-4-2-5/h1-4H2. The Labute approximate surface area is 50.0 Å². The summed E-state index contributed by atoms with van der Waals surface area (Å²) >= 11 is 0.357. The number of carbonyl (C=O) groups excluding carboxylic acids is 1. The van der Waals surface area contributed by atoms with Crippen molar-refractivity contribution < 1.29 is 4.79 Å². The molecule has 0 aromatic carbocycles. The van der Waals surface area contributed by atoms with Gasteiger partial charge in [0.25, 0.3) is 0 Å². The van der Waals surface area contributed by atoms with Gasteiger partial charge < -0.3 is 0 Å². The Morgan fingerprint density at radius 1 is 1.29 bits per heavy atom. The first-order chi connectivity index (χ1) is 3.39. The van der Waals surface area contributed by atoms with Crippen LogP contribution in [-0.2, 0) is 4.79 Å². The van der Waals surface area contributed by atoms with Gasteiger partial charge in [0.1, 0.15) is 0 Å². The molecule has 0 atom stereocenters. The summed E-state index contributed by atoms with van der Waals surface area (Å²) in [4.78, 5) is 10.5. The van der Waals surface area contributed by atoms with Crippen molar-refractivity contribution in [3.05, 3.63) is 0 Å². The van der Waals surface area contributed by atoms with Crippen LogP contribution < -0.4 is 0 Å². The van der Waals surface area contributed by atoms with E-state index in [-0.39, 0.29) is 0 Å². The minimum absolute atomic E-state index is 0.357. The van der Waals surface area contributed by atoms with Crippen LogP contribution in [0.15, 0.2) is 0 Å². The van der Waals surface area contributed by atoms with Gasteiger partial charge in [-0.1, -0.05) is 0 Å². The third kappa shape index (κ3) is 1.63. The van der Waals surface area contributed by atoms with Gasteiger partial charge >= 0.3 is 49.4 Å². The summed E-state index contributed by atoms with van der Waals surface area (Å²) in [6.07, 6.45) is 1.81. The molecule has 1 nitrogen and oxygen atoms in total. The van der Waals surface area contributed by atoms with Crippen molar-refractivity contribution in [2.45, 2.75) is 23.3 Å². The number of hydrogen-bond donors (Lipinski definition) is 0. The summed E-state index contributed by atoms with van der Waals surface area (Å²) in [7, 11) is 0. The van der Waals surface area contributed by atoms with Crippen LogP contribution in [0, 0.1) is 0 Å². The van der Waals surface area contributed by atoms with E-state index >= 15 is 0 Å². The van der Waals surface area contributed by atoms with Gasteiger partial charge in [-0.15, -0.1) is 0 Å². The third-order valence-electron chi connectivity index (χ3n) is 1.16. The molecule has 1 saturated heterocycles. The molecule has 2 radical (unpaired) electrons. The van der Waals surface area contributed by atoms with Crippen molar-refractivity contribution in [3.63, 3.8) is 0 Å². The van der Waals surface area contributed by atoms with Gasteiger partial charge in [0, 0.05) is 0 Å². The van der Waals surface area contributed by atoms with Crippen molar-refractivity contribution in [3.8, 4) is 0 Å². The second-order valence-electron chi connectivity index (χ2n) is 1.79. The zero-order valence-electron chi connectivity index (χ0n) is 4.24. The van der Waals surface area contributed by atoms with E-state index in [2.05, 4.69) is 0 Å². The van der Waals surface area contributed by atoms with E-state index in [1.165, 1.54) is 10.5 Å². The zero-order chi connectivity index (χ0) is 5.11. The summed E-state index contributed by atoms with van der Waals surface area (Å²) < 4.78 is 0. The fourth-order valence-electron chi connectivity index (χ4n) is 0.706. The Morgan fingerprint density at radius 3 is 2.14 bits per heavy atom. The topological polar surface area (TPSA) is 17.1 Å². The Balaban J connectivity index is 2.25. The van der Waals surface area contributed by atoms with E-state index in [9.17, 15) is 4.79 Å². The molecule has 0 aliphatic carbocycles. The predicted molar refractivity (Wildman–Crippen MR) is 29.6 cm³/mol. The van der Waals surface area contributed by atoms with Gasteiger partial charge in [0.2, 0.25) is 0 Å². The quantitative estimate of drug-likeness (QED) is 0.477. The van der Waals surface area contributed by atoms with Crippen molar-refractivity contribution in [1.29, 1.82) is 0 Å². The molecule has 0 aromatic rings. The van der Waals surface area contributed by atoms with Crippen LogP contribution in [0.3, 0.4) is 0 Å². The first-order valence-corrected chi connectivity index (χ1v) is 5.59. The molecule has 0 N–H and O–H groups in total. The number of rotatable bonds is 0. The Kier molecular flexibility index (Phi) is 1.91. The summed E-state index contributed by atoms with van der Waals surface area (Å²) in [6.45, 7) is 0. The van der Waals surface area contributed by atoms with Gasteiger partial charge in [0.05, 0.1) is 0 Å². The van der Waals surface area contributed by atoms with Crippen LogP contribution in [0.1, 0.15) is 12.8 Å². The van der Waals surface area contributed by atoms with Crippen LogP contribution in [0.5, 0.6) is 0 Å². The molecule has 38 valence electrons. The molecule has 0 bridgehead atoms. The van der Waals surface area contributed by atoms with E-state index in [0.29, 0.717) is 21.2 Å². The Hall–Kier alpha value is 0.213. The SMILES string of the molecule is O=C1C[CH2][Ge][CH2]C1. The molecule has 0 unspecified atom stereocenters. The second-order valence-corrected chi connectivity index (χ2v) is 4.94. The summed E-state index contributed by atoms with van der Waals surface area (Å²) in [5, 5.41) is 2.53. The van der Waals surface area contributed by atoms with E-state index in [1.807, 2.05) is 0 Å².